The summed E-state index contributed by atoms with van der Waals surface area (Å²) in [5.41, 5.74) is 0.448. The fraction of sp³-hybridized carbons (Fsp3) is 0.619. The molecule has 2 saturated heterocycles. The third-order valence-electron chi connectivity index (χ3n) is 5.99. The van der Waals surface area contributed by atoms with Crippen LogP contribution in [0.3, 0.4) is 0 Å². The van der Waals surface area contributed by atoms with Crippen LogP contribution in [-0.2, 0) is 4.79 Å². The molecular formula is C21H31FN4O2. The van der Waals surface area contributed by atoms with Gasteiger partial charge in [0.2, 0.25) is 5.91 Å². The van der Waals surface area contributed by atoms with Crippen molar-refractivity contribution in [3.63, 3.8) is 0 Å². The molecule has 6 nitrogen and oxygen atoms in total. The first kappa shape index (κ1) is 20.7. The Kier molecular flexibility index (Phi) is 6.67. The quantitative estimate of drug-likeness (QED) is 0.839. The first-order valence-electron chi connectivity index (χ1n) is 10.2. The zero-order valence-electron chi connectivity index (χ0n) is 17.1. The first-order valence-corrected chi connectivity index (χ1v) is 10.2. The molecule has 0 bridgehead atoms. The third kappa shape index (κ3) is 4.89. The average molecular weight is 391 g/mol. The lowest BCUT2D eigenvalue weighted by Crippen LogP contribution is -2.51. The number of hydrogen-bond donors (Lipinski definition) is 1. The van der Waals surface area contributed by atoms with Crippen LogP contribution in [0, 0.1) is 5.82 Å². The highest BCUT2D eigenvalue weighted by Gasteiger charge is 2.28. The van der Waals surface area contributed by atoms with E-state index in [0.717, 1.165) is 26.2 Å². The predicted octanol–water partition coefficient (Wildman–Crippen LogP) is 2.41. The highest BCUT2D eigenvalue weighted by Crippen LogP contribution is 2.23. The second-order valence-electron chi connectivity index (χ2n) is 8.02. The predicted molar refractivity (Wildman–Crippen MR) is 108 cm³/mol. The molecule has 0 saturated carbocycles. The summed E-state index contributed by atoms with van der Waals surface area (Å²) >= 11 is 0. The average Bonchev–Trinajstić information content (AvgIpc) is 2.99. The second kappa shape index (κ2) is 9.01. The fourth-order valence-electron chi connectivity index (χ4n) is 4.26. The van der Waals surface area contributed by atoms with Crippen LogP contribution in [0.5, 0.6) is 0 Å². The molecule has 1 aromatic carbocycles. The zero-order valence-corrected chi connectivity index (χ0v) is 17.1. The molecule has 154 valence electrons. The number of likely N-dealkylation sites (tertiary alicyclic amines) is 1. The van der Waals surface area contributed by atoms with Crippen molar-refractivity contribution in [1.82, 2.24) is 14.7 Å². The Labute approximate surface area is 166 Å². The van der Waals surface area contributed by atoms with Crippen LogP contribution < -0.4 is 5.32 Å². The molecule has 2 aliphatic rings. The molecule has 2 heterocycles. The summed E-state index contributed by atoms with van der Waals surface area (Å²) in [7, 11) is 0. The van der Waals surface area contributed by atoms with Gasteiger partial charge in [-0.1, -0.05) is 0 Å². The lowest BCUT2D eigenvalue weighted by Gasteiger charge is -2.36. The van der Waals surface area contributed by atoms with E-state index in [0.29, 0.717) is 30.9 Å². The number of benzene rings is 1. The van der Waals surface area contributed by atoms with Gasteiger partial charge in [0.1, 0.15) is 5.82 Å². The number of anilines is 1. The smallest absolute Gasteiger partial charge is 0.256 e. The number of nitrogens with one attached hydrogen (secondary N) is 1. The Morgan fingerprint density at radius 2 is 1.71 bits per heavy atom. The largest absolute Gasteiger partial charge is 0.336 e. The SMILES string of the molecule is CC(=O)Nc1ccc(F)c(C(=O)N2CCN(CCN3C(C)CCC3C)CC2)c1. The van der Waals surface area contributed by atoms with E-state index < -0.39 is 5.82 Å². The minimum atomic E-state index is -0.557. The van der Waals surface area contributed by atoms with Crippen molar-refractivity contribution in [1.29, 1.82) is 0 Å². The van der Waals surface area contributed by atoms with Crippen LogP contribution in [-0.4, -0.2) is 77.9 Å². The minimum absolute atomic E-state index is 0.0133. The molecule has 2 unspecified atom stereocenters. The molecule has 0 radical (unpaired) electrons. The monoisotopic (exact) mass is 390 g/mol. The number of rotatable bonds is 5. The van der Waals surface area contributed by atoms with Gasteiger partial charge in [-0.2, -0.15) is 0 Å². The van der Waals surface area contributed by atoms with Gasteiger partial charge in [-0.25, -0.2) is 4.39 Å². The standard InChI is InChI=1S/C21H31FN4O2/c1-15-4-5-16(2)26(15)13-10-24-8-11-25(12-9-24)21(28)19-14-18(23-17(3)27)6-7-20(19)22/h6-7,14-16H,4-5,8-13H2,1-3H3,(H,23,27). The Morgan fingerprint density at radius 1 is 1.07 bits per heavy atom. The van der Waals surface area contributed by atoms with Crippen LogP contribution in [0.4, 0.5) is 10.1 Å². The van der Waals surface area contributed by atoms with E-state index in [4.69, 9.17) is 0 Å². The van der Waals surface area contributed by atoms with Crippen molar-refractivity contribution in [2.45, 2.75) is 45.7 Å². The number of halogens is 1. The minimum Gasteiger partial charge on any atom is -0.336 e. The Morgan fingerprint density at radius 3 is 2.32 bits per heavy atom. The summed E-state index contributed by atoms with van der Waals surface area (Å²) in [6, 6.07) is 5.41. The topological polar surface area (TPSA) is 55.9 Å². The van der Waals surface area contributed by atoms with Crippen LogP contribution >= 0.6 is 0 Å². The van der Waals surface area contributed by atoms with E-state index in [1.165, 1.54) is 38.0 Å². The summed E-state index contributed by atoms with van der Waals surface area (Å²) in [5.74, 6) is -1.12. The van der Waals surface area contributed by atoms with Gasteiger partial charge in [0.05, 0.1) is 5.56 Å². The first-order chi connectivity index (χ1) is 13.3. The van der Waals surface area contributed by atoms with Crippen molar-refractivity contribution in [2.75, 3.05) is 44.6 Å². The van der Waals surface area contributed by atoms with Crippen molar-refractivity contribution < 1.29 is 14.0 Å². The van der Waals surface area contributed by atoms with Gasteiger partial charge in [-0.15, -0.1) is 0 Å². The van der Waals surface area contributed by atoms with Gasteiger partial charge in [-0.05, 0) is 44.9 Å². The van der Waals surface area contributed by atoms with Crippen molar-refractivity contribution in [3.05, 3.63) is 29.6 Å². The summed E-state index contributed by atoms with van der Waals surface area (Å²) in [5, 5.41) is 2.60. The van der Waals surface area contributed by atoms with Gasteiger partial charge in [0.25, 0.3) is 5.91 Å². The normalized spacial score (nSPS) is 23.8. The van der Waals surface area contributed by atoms with Crippen LogP contribution in [0.15, 0.2) is 18.2 Å². The molecule has 1 N–H and O–H groups in total. The number of hydrogen-bond acceptors (Lipinski definition) is 4. The van der Waals surface area contributed by atoms with E-state index in [-0.39, 0.29) is 17.4 Å². The van der Waals surface area contributed by atoms with E-state index in [1.807, 2.05) is 0 Å². The second-order valence-corrected chi connectivity index (χ2v) is 8.02. The number of carbonyl (C=O) groups is 2. The number of piperazine rings is 1. The molecule has 7 heteroatoms. The van der Waals surface area contributed by atoms with Crippen molar-refractivity contribution >= 4 is 17.5 Å². The maximum absolute atomic E-state index is 14.2. The maximum atomic E-state index is 14.2. The molecule has 3 rings (SSSR count). The van der Waals surface area contributed by atoms with Crippen LogP contribution in [0.1, 0.15) is 44.0 Å². The summed E-state index contributed by atoms with van der Waals surface area (Å²) in [4.78, 5) is 30.6. The summed E-state index contributed by atoms with van der Waals surface area (Å²) in [6.07, 6.45) is 2.54. The van der Waals surface area contributed by atoms with E-state index in [9.17, 15) is 14.0 Å². The Balaban J connectivity index is 1.53. The van der Waals surface area contributed by atoms with E-state index >= 15 is 0 Å². The van der Waals surface area contributed by atoms with Crippen molar-refractivity contribution in [2.24, 2.45) is 0 Å². The lowest BCUT2D eigenvalue weighted by atomic mass is 10.1. The number of carbonyl (C=O) groups excluding carboxylic acids is 2. The molecular weight excluding hydrogens is 359 g/mol. The molecule has 0 spiro atoms. The van der Waals surface area contributed by atoms with Gasteiger partial charge in [0, 0.05) is 64.0 Å². The van der Waals surface area contributed by atoms with Crippen molar-refractivity contribution in [3.8, 4) is 0 Å². The molecule has 2 amide bonds. The van der Waals surface area contributed by atoms with E-state index in [1.54, 1.807) is 4.90 Å². The highest BCUT2D eigenvalue weighted by molar-refractivity contribution is 5.97. The molecule has 2 fully saturated rings. The third-order valence-corrected chi connectivity index (χ3v) is 5.99. The fourth-order valence-corrected chi connectivity index (χ4v) is 4.26. The van der Waals surface area contributed by atoms with Crippen LogP contribution in [0.25, 0.3) is 0 Å². The molecule has 1 aromatic rings. The van der Waals surface area contributed by atoms with Gasteiger partial charge >= 0.3 is 0 Å². The summed E-state index contributed by atoms with van der Waals surface area (Å²) in [6.45, 7) is 10.8. The van der Waals surface area contributed by atoms with Gasteiger partial charge in [-0.3, -0.25) is 19.4 Å². The van der Waals surface area contributed by atoms with Crippen LogP contribution in [0.2, 0.25) is 0 Å². The van der Waals surface area contributed by atoms with Gasteiger partial charge < -0.3 is 10.2 Å². The molecule has 28 heavy (non-hydrogen) atoms. The molecule has 2 atom stereocenters. The molecule has 0 aromatic heterocycles. The number of amides is 2. The highest BCUT2D eigenvalue weighted by atomic mass is 19.1. The maximum Gasteiger partial charge on any atom is 0.256 e. The molecule has 0 aliphatic carbocycles. The zero-order chi connectivity index (χ0) is 20.3. The van der Waals surface area contributed by atoms with E-state index in [2.05, 4.69) is 29.0 Å². The Hall–Kier alpha value is -1.99. The molecule has 2 aliphatic heterocycles. The van der Waals surface area contributed by atoms with Gasteiger partial charge in [0.15, 0.2) is 0 Å². The lowest BCUT2D eigenvalue weighted by molar-refractivity contribution is -0.114. The number of nitrogens with zero attached hydrogens (tertiary/aromatic N) is 3. The summed E-state index contributed by atoms with van der Waals surface area (Å²) < 4.78 is 14.2. The Bertz CT molecular complexity index is 708.